The van der Waals surface area contributed by atoms with Gasteiger partial charge in [0.05, 0.1) is 0 Å². The molecule has 0 aliphatic rings. The Morgan fingerprint density at radius 1 is 1.20 bits per heavy atom. The van der Waals surface area contributed by atoms with Gasteiger partial charge in [0.25, 0.3) is 0 Å². The van der Waals surface area contributed by atoms with Gasteiger partial charge in [-0.15, -0.1) is 0 Å². The summed E-state index contributed by atoms with van der Waals surface area (Å²) in [5.41, 5.74) is 0. The molecule has 29 valence electrons. The molecule has 0 saturated carbocycles. The maximum absolute atomic E-state index is 0. The Kier molecular flexibility index (Phi) is 308. The van der Waals surface area contributed by atoms with Crippen molar-refractivity contribution in [3.63, 3.8) is 0 Å². The third kappa shape index (κ3) is 20.8. The first-order valence-corrected chi connectivity index (χ1v) is 0. The SMILES string of the molecule is [Al].[Cu].[H-].[H-].[Mg+2].[Mn].[Si]. The summed E-state index contributed by atoms with van der Waals surface area (Å²) in [6.45, 7) is 0. The Morgan fingerprint density at radius 2 is 1.20 bits per heavy atom. The second-order valence-corrected chi connectivity index (χ2v) is 0. The number of rotatable bonds is 0. The summed E-state index contributed by atoms with van der Waals surface area (Å²) in [7, 11) is 0. The van der Waals surface area contributed by atoms with Gasteiger partial charge in [0.15, 0.2) is 0 Å². The molecule has 5 heavy (non-hydrogen) atoms. The van der Waals surface area contributed by atoms with E-state index in [1.165, 1.54) is 0 Å². The Labute approximate surface area is 87.4 Å². The minimum absolute atomic E-state index is 0. The van der Waals surface area contributed by atoms with Crippen LogP contribution in [0.15, 0.2) is 0 Å². The number of hydrogen-bond donors (Lipinski definition) is 0. The zero-order chi connectivity index (χ0) is 0. The van der Waals surface area contributed by atoms with E-state index in [0.29, 0.717) is 0 Å². The van der Waals surface area contributed by atoms with E-state index in [0.717, 1.165) is 0 Å². The van der Waals surface area contributed by atoms with Gasteiger partial charge in [-0.05, 0) is 0 Å². The Balaban J connectivity index is 0. The van der Waals surface area contributed by atoms with Crippen molar-refractivity contribution < 1.29 is 37.0 Å². The molecule has 0 bridgehead atoms. The van der Waals surface area contributed by atoms with Crippen molar-refractivity contribution in [2.45, 2.75) is 0 Å². The molecule has 9 radical (unpaired) electrons. The quantitative estimate of drug-likeness (QED) is 0.443. The van der Waals surface area contributed by atoms with Gasteiger partial charge in [0.1, 0.15) is 0 Å². The van der Waals surface area contributed by atoms with Gasteiger partial charge in [-0.2, -0.15) is 0 Å². The van der Waals surface area contributed by atoms with E-state index in [4.69, 9.17) is 0 Å². The summed E-state index contributed by atoms with van der Waals surface area (Å²) in [6.07, 6.45) is 0. The van der Waals surface area contributed by atoms with Crippen LogP contribution in [0, 0.1) is 0 Å². The Hall–Kier alpha value is 2.55. The molecule has 0 amide bonds. The van der Waals surface area contributed by atoms with E-state index in [1.807, 2.05) is 0 Å². The molecule has 0 saturated heterocycles. The maximum atomic E-state index is 0. The fraction of sp³-hybridized carbons (Fsp3) is 0. The molecule has 0 unspecified atom stereocenters. The molecule has 0 heterocycles. The second kappa shape index (κ2) is 31.0. The summed E-state index contributed by atoms with van der Waals surface area (Å²) in [5, 5.41) is 0. The molecule has 0 aromatic rings. The van der Waals surface area contributed by atoms with Crippen LogP contribution in [-0.2, 0) is 34.1 Å². The van der Waals surface area contributed by atoms with Gasteiger partial charge in [0, 0.05) is 62.5 Å². The second-order valence-electron chi connectivity index (χ2n) is 0. The molecular formula is H2AlCuMgMnSi. The van der Waals surface area contributed by atoms with E-state index in [1.54, 1.807) is 0 Å². The minimum atomic E-state index is 0. The average Bonchev–Trinajstić information content (AvgIpc) is 0. The molecule has 0 rings (SSSR count). The smallest absolute Gasteiger partial charge is 1.00 e. The van der Waals surface area contributed by atoms with Crippen molar-refractivity contribution in [1.82, 2.24) is 0 Å². The van der Waals surface area contributed by atoms with Gasteiger partial charge >= 0.3 is 23.1 Å². The zero-order valence-electron chi connectivity index (χ0n) is 4.46. The van der Waals surface area contributed by atoms with Crippen molar-refractivity contribution in [2.24, 2.45) is 0 Å². The van der Waals surface area contributed by atoms with E-state index in [9.17, 15) is 0 Å². The van der Waals surface area contributed by atoms with Crippen LogP contribution in [0.4, 0.5) is 0 Å². The van der Waals surface area contributed by atoms with Crippen LogP contribution < -0.4 is 0 Å². The van der Waals surface area contributed by atoms with Crippen LogP contribution in [0.2, 0.25) is 0 Å². The van der Waals surface area contributed by atoms with E-state index in [-0.39, 0.29) is 88.4 Å². The normalized spacial score (nSPS) is 0. The predicted molar refractivity (Wildman–Crippen MR) is 19.5 cm³/mol. The molecule has 0 fully saturated rings. The van der Waals surface area contributed by atoms with Gasteiger partial charge in [0.2, 0.25) is 0 Å². The molecular weight excluding hydrogens is 198 g/mol. The fourth-order valence-corrected chi connectivity index (χ4v) is 0. The van der Waals surface area contributed by atoms with Gasteiger partial charge in [-0.3, -0.25) is 0 Å². The third-order valence-electron chi connectivity index (χ3n) is 0. The average molecular weight is 200 g/mol. The zero-order valence-corrected chi connectivity index (χ0v) is 8.15. The first kappa shape index (κ1) is 49.7. The largest absolute Gasteiger partial charge is 2.00 e. The first-order valence-electron chi connectivity index (χ1n) is 0. The van der Waals surface area contributed by atoms with Crippen LogP contribution in [0.25, 0.3) is 0 Å². The first-order chi connectivity index (χ1) is 0. The van der Waals surface area contributed by atoms with Crippen molar-refractivity contribution in [3.8, 4) is 0 Å². The van der Waals surface area contributed by atoms with E-state index < -0.39 is 0 Å². The van der Waals surface area contributed by atoms with Crippen molar-refractivity contribution in [3.05, 3.63) is 0 Å². The minimum Gasteiger partial charge on any atom is -1.00 e. The Bertz CT molecular complexity index is 17.7. The summed E-state index contributed by atoms with van der Waals surface area (Å²) in [4.78, 5) is 0. The summed E-state index contributed by atoms with van der Waals surface area (Å²) < 4.78 is 0. The van der Waals surface area contributed by atoms with Crippen LogP contribution >= 0.6 is 0 Å². The number of hydrogen-bond acceptors (Lipinski definition) is 0. The van der Waals surface area contributed by atoms with Gasteiger partial charge < -0.3 is 2.85 Å². The standard InChI is InChI=1S/Al.Cu.Mg.Mn.Si.2H/q;;+2;;;2*-1. The molecule has 0 aliphatic carbocycles. The summed E-state index contributed by atoms with van der Waals surface area (Å²) in [5.74, 6) is 0. The van der Waals surface area contributed by atoms with Crippen molar-refractivity contribution >= 4 is 51.4 Å². The van der Waals surface area contributed by atoms with E-state index in [2.05, 4.69) is 0 Å². The van der Waals surface area contributed by atoms with Crippen LogP contribution in [0.5, 0.6) is 0 Å². The molecule has 0 N–H and O–H groups in total. The van der Waals surface area contributed by atoms with Crippen LogP contribution in [0.3, 0.4) is 0 Å². The third-order valence-corrected chi connectivity index (χ3v) is 0. The van der Waals surface area contributed by atoms with Gasteiger partial charge in [-0.25, -0.2) is 0 Å². The fourth-order valence-electron chi connectivity index (χ4n) is 0. The van der Waals surface area contributed by atoms with Crippen molar-refractivity contribution in [1.29, 1.82) is 0 Å². The van der Waals surface area contributed by atoms with Crippen LogP contribution in [0.1, 0.15) is 2.85 Å². The molecule has 0 spiro atoms. The molecule has 0 aromatic carbocycles. The molecule has 0 aliphatic heterocycles. The molecule has 0 atom stereocenters. The van der Waals surface area contributed by atoms with Crippen LogP contribution in [-0.4, -0.2) is 51.4 Å². The molecule has 5 heteroatoms. The van der Waals surface area contributed by atoms with Gasteiger partial charge in [-0.1, -0.05) is 0 Å². The Morgan fingerprint density at radius 3 is 1.20 bits per heavy atom. The summed E-state index contributed by atoms with van der Waals surface area (Å²) in [6, 6.07) is 0. The predicted octanol–water partition coefficient (Wildman–Crippen LogP) is -0.922. The maximum Gasteiger partial charge on any atom is 2.00 e. The van der Waals surface area contributed by atoms with E-state index >= 15 is 0 Å². The molecule has 0 nitrogen and oxygen atoms in total. The molecule has 0 aromatic heterocycles. The summed E-state index contributed by atoms with van der Waals surface area (Å²) >= 11 is 0. The topological polar surface area (TPSA) is 0 Å². The monoisotopic (exact) mass is 199 g/mol. The van der Waals surface area contributed by atoms with Crippen molar-refractivity contribution in [2.75, 3.05) is 0 Å².